The van der Waals surface area contributed by atoms with Crippen molar-refractivity contribution in [2.45, 2.75) is 13.0 Å². The summed E-state index contributed by atoms with van der Waals surface area (Å²) >= 11 is 0. The minimum atomic E-state index is -0.483. The van der Waals surface area contributed by atoms with Crippen molar-refractivity contribution < 1.29 is 9.72 Å². The smallest absolute Gasteiger partial charge is 0.270 e. The first-order valence-electron chi connectivity index (χ1n) is 7.43. The third-order valence-corrected chi connectivity index (χ3v) is 3.41. The summed E-state index contributed by atoms with van der Waals surface area (Å²) in [6, 6.07) is 9.64. The summed E-state index contributed by atoms with van der Waals surface area (Å²) in [7, 11) is 0. The van der Waals surface area contributed by atoms with Crippen LogP contribution in [0.15, 0.2) is 48.8 Å². The second kappa shape index (κ2) is 7.30. The van der Waals surface area contributed by atoms with E-state index in [-0.39, 0.29) is 18.0 Å². The van der Waals surface area contributed by atoms with Gasteiger partial charge in [-0.05, 0) is 17.7 Å². The van der Waals surface area contributed by atoms with Gasteiger partial charge in [0.05, 0.1) is 11.3 Å². The summed E-state index contributed by atoms with van der Waals surface area (Å²) in [5.74, 6) is 0.480. The number of nitrogens with one attached hydrogen (secondary N) is 2. The molecule has 3 rings (SSSR count). The Bertz CT molecular complexity index is 894. The molecular weight excluding hydrogens is 324 g/mol. The van der Waals surface area contributed by atoms with Crippen molar-refractivity contribution in [3.63, 3.8) is 0 Å². The lowest BCUT2D eigenvalue weighted by atomic mass is 10.2. The van der Waals surface area contributed by atoms with E-state index >= 15 is 0 Å². The summed E-state index contributed by atoms with van der Waals surface area (Å²) in [4.78, 5) is 30.4. The van der Waals surface area contributed by atoms with E-state index in [9.17, 15) is 14.9 Å². The second-order valence-corrected chi connectivity index (χ2v) is 5.22. The number of nitrogens with zero attached hydrogens (tertiary/aromatic N) is 4. The van der Waals surface area contributed by atoms with E-state index in [4.69, 9.17) is 0 Å². The number of rotatable bonds is 6. The van der Waals surface area contributed by atoms with E-state index in [1.807, 2.05) is 12.1 Å². The number of hydrogen-bond donors (Lipinski definition) is 2. The van der Waals surface area contributed by atoms with Crippen molar-refractivity contribution in [3.05, 3.63) is 70.3 Å². The van der Waals surface area contributed by atoms with Gasteiger partial charge < -0.3 is 5.32 Å². The molecule has 0 atom stereocenters. The molecule has 0 unspecified atom stereocenters. The lowest BCUT2D eigenvalue weighted by molar-refractivity contribution is -0.384. The number of nitro groups is 1. The summed E-state index contributed by atoms with van der Waals surface area (Å²) in [6.07, 6.45) is 3.35. The highest BCUT2D eigenvalue weighted by molar-refractivity contribution is 5.77. The average molecular weight is 338 g/mol. The fraction of sp³-hybridized carbons (Fsp3) is 0.125. The van der Waals surface area contributed by atoms with Crippen LogP contribution in [-0.4, -0.2) is 31.0 Å². The van der Waals surface area contributed by atoms with Crippen LogP contribution in [0.4, 0.5) is 5.69 Å². The summed E-state index contributed by atoms with van der Waals surface area (Å²) in [5, 5.41) is 20.3. The van der Waals surface area contributed by atoms with Gasteiger partial charge in [-0.3, -0.25) is 25.0 Å². The number of amides is 1. The number of pyridine rings is 1. The molecule has 0 bridgehead atoms. The quantitative estimate of drug-likeness (QED) is 0.519. The van der Waals surface area contributed by atoms with Gasteiger partial charge in [0.2, 0.25) is 5.91 Å². The Kier molecular flexibility index (Phi) is 4.74. The molecule has 0 spiro atoms. The highest BCUT2D eigenvalue weighted by atomic mass is 16.6. The Morgan fingerprint density at radius 3 is 2.80 bits per heavy atom. The zero-order valence-corrected chi connectivity index (χ0v) is 13.0. The van der Waals surface area contributed by atoms with Gasteiger partial charge in [-0.2, -0.15) is 5.10 Å². The summed E-state index contributed by atoms with van der Waals surface area (Å²) in [6.45, 7) is 0.396. The molecule has 0 aliphatic carbocycles. The number of carbonyl (C=O) groups is 1. The highest BCUT2D eigenvalue weighted by Crippen LogP contribution is 2.20. The number of aromatic amines is 1. The molecule has 9 nitrogen and oxygen atoms in total. The number of carbonyl (C=O) groups excluding carboxylic acids is 1. The van der Waals surface area contributed by atoms with Gasteiger partial charge in [-0.15, -0.1) is 0 Å². The van der Waals surface area contributed by atoms with E-state index in [0.29, 0.717) is 23.8 Å². The zero-order valence-electron chi connectivity index (χ0n) is 13.0. The van der Waals surface area contributed by atoms with Gasteiger partial charge in [0.15, 0.2) is 5.82 Å². The van der Waals surface area contributed by atoms with E-state index in [1.54, 1.807) is 24.5 Å². The molecule has 126 valence electrons. The number of nitro benzene ring substituents is 1. The maximum Gasteiger partial charge on any atom is 0.270 e. The van der Waals surface area contributed by atoms with Gasteiger partial charge in [0.25, 0.3) is 5.69 Å². The summed E-state index contributed by atoms with van der Waals surface area (Å²) < 4.78 is 0. The van der Waals surface area contributed by atoms with Crippen molar-refractivity contribution in [3.8, 4) is 11.4 Å². The average Bonchev–Trinajstić information content (AvgIpc) is 3.09. The van der Waals surface area contributed by atoms with Crippen molar-refractivity contribution in [1.82, 2.24) is 25.5 Å². The van der Waals surface area contributed by atoms with Crippen LogP contribution in [0.1, 0.15) is 11.4 Å². The summed E-state index contributed by atoms with van der Waals surface area (Å²) in [5.41, 5.74) is 1.41. The molecule has 1 amide bonds. The monoisotopic (exact) mass is 338 g/mol. The van der Waals surface area contributed by atoms with Crippen LogP contribution in [-0.2, 0) is 17.8 Å². The van der Waals surface area contributed by atoms with Crippen LogP contribution in [0.2, 0.25) is 0 Å². The second-order valence-electron chi connectivity index (χ2n) is 5.22. The molecule has 0 radical (unpaired) electrons. The molecule has 3 aromatic rings. The molecule has 2 aromatic heterocycles. The van der Waals surface area contributed by atoms with Crippen molar-refractivity contribution >= 4 is 11.6 Å². The first-order chi connectivity index (χ1) is 12.1. The standard InChI is InChI=1S/C16H14N6O3/c23-15(18-10-11-4-6-17-7-5-11)9-14-19-16(21-20-14)12-2-1-3-13(8-12)22(24)25/h1-8H,9-10H2,(H,18,23)(H,19,20,21). The third-order valence-electron chi connectivity index (χ3n) is 3.41. The largest absolute Gasteiger partial charge is 0.352 e. The molecule has 0 saturated heterocycles. The molecule has 2 N–H and O–H groups in total. The molecule has 0 aliphatic rings. The maximum absolute atomic E-state index is 12.0. The molecular formula is C16H14N6O3. The maximum atomic E-state index is 12.0. The Hall–Kier alpha value is -3.62. The first kappa shape index (κ1) is 16.2. The number of benzene rings is 1. The van der Waals surface area contributed by atoms with Gasteiger partial charge in [0, 0.05) is 36.6 Å². The Balaban J connectivity index is 1.62. The van der Waals surface area contributed by atoms with Gasteiger partial charge in [0.1, 0.15) is 5.82 Å². The van der Waals surface area contributed by atoms with E-state index in [0.717, 1.165) is 5.56 Å². The molecule has 9 heteroatoms. The van der Waals surface area contributed by atoms with Gasteiger partial charge in [-0.25, -0.2) is 4.98 Å². The SMILES string of the molecule is O=C(Cc1nc(-c2cccc([N+](=O)[O-])c2)n[nH]1)NCc1ccncc1. The van der Waals surface area contributed by atoms with Crippen LogP contribution in [0.5, 0.6) is 0 Å². The molecule has 2 heterocycles. The van der Waals surface area contributed by atoms with Crippen LogP contribution in [0.25, 0.3) is 11.4 Å². The molecule has 0 aliphatic heterocycles. The normalized spacial score (nSPS) is 10.4. The third kappa shape index (κ3) is 4.22. The van der Waals surface area contributed by atoms with E-state index in [1.165, 1.54) is 12.1 Å². The van der Waals surface area contributed by atoms with Crippen LogP contribution in [0, 0.1) is 10.1 Å². The fourth-order valence-corrected chi connectivity index (χ4v) is 2.18. The zero-order chi connectivity index (χ0) is 17.6. The minimum Gasteiger partial charge on any atom is -0.352 e. The lowest BCUT2D eigenvalue weighted by Gasteiger charge is -2.03. The molecule has 0 saturated carbocycles. The van der Waals surface area contributed by atoms with Gasteiger partial charge >= 0.3 is 0 Å². The van der Waals surface area contributed by atoms with Crippen molar-refractivity contribution in [2.24, 2.45) is 0 Å². The van der Waals surface area contributed by atoms with Crippen molar-refractivity contribution in [2.75, 3.05) is 0 Å². The number of aromatic nitrogens is 4. The van der Waals surface area contributed by atoms with Crippen LogP contribution in [0.3, 0.4) is 0 Å². The highest BCUT2D eigenvalue weighted by Gasteiger charge is 2.12. The van der Waals surface area contributed by atoms with Gasteiger partial charge in [-0.1, -0.05) is 12.1 Å². The lowest BCUT2D eigenvalue weighted by Crippen LogP contribution is -2.25. The fourth-order valence-electron chi connectivity index (χ4n) is 2.18. The van der Waals surface area contributed by atoms with E-state index in [2.05, 4.69) is 25.5 Å². The number of hydrogen-bond acceptors (Lipinski definition) is 6. The van der Waals surface area contributed by atoms with E-state index < -0.39 is 4.92 Å². The van der Waals surface area contributed by atoms with Crippen molar-refractivity contribution in [1.29, 1.82) is 0 Å². The Labute approximate surface area is 142 Å². The minimum absolute atomic E-state index is 0.0347. The first-order valence-corrected chi connectivity index (χ1v) is 7.43. The predicted molar refractivity (Wildman–Crippen MR) is 88.3 cm³/mol. The predicted octanol–water partition coefficient (Wildman–Crippen LogP) is 1.63. The van der Waals surface area contributed by atoms with Crippen LogP contribution < -0.4 is 5.32 Å². The molecule has 0 fully saturated rings. The van der Waals surface area contributed by atoms with Crippen LogP contribution >= 0.6 is 0 Å². The molecule has 25 heavy (non-hydrogen) atoms. The topological polar surface area (TPSA) is 127 Å². The Morgan fingerprint density at radius 1 is 1.24 bits per heavy atom. The number of non-ortho nitro benzene ring substituents is 1. The number of H-pyrrole nitrogens is 1. The Morgan fingerprint density at radius 2 is 2.04 bits per heavy atom. The molecule has 1 aromatic carbocycles.